The van der Waals surface area contributed by atoms with Gasteiger partial charge in [0.05, 0.1) is 11.8 Å². The van der Waals surface area contributed by atoms with Crippen molar-refractivity contribution < 1.29 is 9.59 Å². The van der Waals surface area contributed by atoms with Gasteiger partial charge >= 0.3 is 0 Å². The topological polar surface area (TPSA) is 37.4 Å². The van der Waals surface area contributed by atoms with Crippen LogP contribution in [0.4, 0.5) is 0 Å². The number of imide groups is 1. The van der Waals surface area contributed by atoms with Crippen molar-refractivity contribution in [3.05, 3.63) is 0 Å². The largest absolute Gasteiger partial charge is 0.282 e. The molecule has 1 aliphatic heterocycles. The van der Waals surface area contributed by atoms with E-state index in [0.29, 0.717) is 12.5 Å². The highest BCUT2D eigenvalue weighted by molar-refractivity contribution is 6.05. The second-order valence-corrected chi connectivity index (χ2v) is 4.96. The van der Waals surface area contributed by atoms with E-state index in [0.717, 1.165) is 25.7 Å². The molecule has 0 aromatic rings. The van der Waals surface area contributed by atoms with E-state index in [-0.39, 0.29) is 23.7 Å². The lowest BCUT2D eigenvalue weighted by atomic mass is 9.76. The molecule has 0 aromatic carbocycles. The third kappa shape index (κ3) is 1.68. The highest BCUT2D eigenvalue weighted by Gasteiger charge is 2.48. The molecule has 1 saturated heterocycles. The Kier molecular flexibility index (Phi) is 2.81. The van der Waals surface area contributed by atoms with E-state index in [1.165, 1.54) is 4.90 Å². The minimum Gasteiger partial charge on any atom is -0.282 e. The van der Waals surface area contributed by atoms with Crippen molar-refractivity contribution >= 4 is 11.8 Å². The summed E-state index contributed by atoms with van der Waals surface area (Å²) in [5.41, 5.74) is 0. The van der Waals surface area contributed by atoms with Gasteiger partial charge in [-0.15, -0.1) is 0 Å². The molecule has 0 unspecified atom stereocenters. The summed E-state index contributed by atoms with van der Waals surface area (Å²) in [5.74, 6) is 0.815. The summed E-state index contributed by atoms with van der Waals surface area (Å²) in [4.78, 5) is 25.4. The minimum absolute atomic E-state index is 0.00722. The van der Waals surface area contributed by atoms with Crippen molar-refractivity contribution in [3.63, 3.8) is 0 Å². The second-order valence-electron chi connectivity index (χ2n) is 4.96. The first-order valence-corrected chi connectivity index (χ1v) is 6.00. The average molecular weight is 209 g/mol. The van der Waals surface area contributed by atoms with Crippen LogP contribution in [0.2, 0.25) is 0 Å². The van der Waals surface area contributed by atoms with E-state index >= 15 is 0 Å². The molecular weight excluding hydrogens is 190 g/mol. The second kappa shape index (κ2) is 3.95. The SMILES string of the molecule is CCCN1C(=O)[C@H]2CC[C@@H](C)C[C@H]2C1=O. The molecule has 2 rings (SSSR count). The van der Waals surface area contributed by atoms with Gasteiger partial charge in [-0.05, 0) is 31.6 Å². The third-order valence-electron chi connectivity index (χ3n) is 3.73. The van der Waals surface area contributed by atoms with Gasteiger partial charge in [-0.3, -0.25) is 14.5 Å². The number of hydrogen-bond acceptors (Lipinski definition) is 2. The quantitative estimate of drug-likeness (QED) is 0.650. The summed E-state index contributed by atoms with van der Waals surface area (Å²) in [6, 6.07) is 0. The number of hydrogen-bond donors (Lipinski definition) is 0. The molecule has 1 saturated carbocycles. The van der Waals surface area contributed by atoms with Crippen LogP contribution in [0, 0.1) is 17.8 Å². The average Bonchev–Trinajstić information content (AvgIpc) is 2.44. The number of likely N-dealkylation sites (tertiary alicyclic amines) is 1. The number of nitrogens with zero attached hydrogens (tertiary/aromatic N) is 1. The lowest BCUT2D eigenvalue weighted by molar-refractivity contribution is -0.139. The lowest BCUT2D eigenvalue weighted by Gasteiger charge is -2.25. The highest BCUT2D eigenvalue weighted by Crippen LogP contribution is 2.40. The van der Waals surface area contributed by atoms with Gasteiger partial charge in [-0.2, -0.15) is 0 Å². The molecule has 0 spiro atoms. The Hall–Kier alpha value is -0.860. The van der Waals surface area contributed by atoms with Crippen LogP contribution < -0.4 is 0 Å². The van der Waals surface area contributed by atoms with E-state index in [9.17, 15) is 9.59 Å². The van der Waals surface area contributed by atoms with E-state index in [1.54, 1.807) is 0 Å². The summed E-state index contributed by atoms with van der Waals surface area (Å²) in [7, 11) is 0. The van der Waals surface area contributed by atoms with Crippen LogP contribution in [0.1, 0.15) is 39.5 Å². The summed E-state index contributed by atoms with van der Waals surface area (Å²) >= 11 is 0. The zero-order chi connectivity index (χ0) is 11.0. The van der Waals surface area contributed by atoms with E-state index in [1.807, 2.05) is 6.92 Å². The van der Waals surface area contributed by atoms with E-state index in [2.05, 4.69) is 6.92 Å². The van der Waals surface area contributed by atoms with Crippen LogP contribution in [0.5, 0.6) is 0 Å². The molecule has 3 heteroatoms. The summed E-state index contributed by atoms with van der Waals surface area (Å²) in [6.45, 7) is 4.79. The van der Waals surface area contributed by atoms with Gasteiger partial charge in [0.2, 0.25) is 11.8 Å². The van der Waals surface area contributed by atoms with Crippen molar-refractivity contribution in [1.29, 1.82) is 0 Å². The fourth-order valence-corrected chi connectivity index (χ4v) is 2.90. The molecular formula is C12H19NO2. The number of fused-ring (bicyclic) bond motifs is 1. The molecule has 1 aliphatic carbocycles. The fraction of sp³-hybridized carbons (Fsp3) is 0.833. The first kappa shape index (κ1) is 10.7. The van der Waals surface area contributed by atoms with Crippen molar-refractivity contribution in [1.82, 2.24) is 4.90 Å². The maximum absolute atomic E-state index is 12.0. The Morgan fingerprint density at radius 2 is 1.87 bits per heavy atom. The normalized spacial score (nSPS) is 35.9. The van der Waals surface area contributed by atoms with Gasteiger partial charge in [0, 0.05) is 6.54 Å². The van der Waals surface area contributed by atoms with Crippen LogP contribution in [-0.2, 0) is 9.59 Å². The highest BCUT2D eigenvalue weighted by atomic mass is 16.2. The van der Waals surface area contributed by atoms with Gasteiger partial charge in [0.25, 0.3) is 0 Å². The number of carbonyl (C=O) groups excluding carboxylic acids is 2. The predicted octanol–water partition coefficient (Wildman–Crippen LogP) is 1.82. The van der Waals surface area contributed by atoms with E-state index in [4.69, 9.17) is 0 Å². The molecule has 1 heterocycles. The van der Waals surface area contributed by atoms with E-state index < -0.39 is 0 Å². The number of amides is 2. The van der Waals surface area contributed by atoms with Gasteiger partial charge in [-0.25, -0.2) is 0 Å². The maximum atomic E-state index is 12.0. The predicted molar refractivity (Wildman–Crippen MR) is 57.0 cm³/mol. The zero-order valence-electron chi connectivity index (χ0n) is 9.53. The zero-order valence-corrected chi connectivity index (χ0v) is 9.53. The Bertz CT molecular complexity index is 287. The summed E-state index contributed by atoms with van der Waals surface area (Å²) in [5, 5.41) is 0. The molecule has 0 aromatic heterocycles. The van der Waals surface area contributed by atoms with Crippen LogP contribution >= 0.6 is 0 Å². The van der Waals surface area contributed by atoms with Gasteiger partial charge in [0.15, 0.2) is 0 Å². The Morgan fingerprint density at radius 1 is 1.20 bits per heavy atom. The Balaban J connectivity index is 2.15. The molecule has 2 amide bonds. The van der Waals surface area contributed by atoms with Crippen molar-refractivity contribution in [3.8, 4) is 0 Å². The van der Waals surface area contributed by atoms with Crippen molar-refractivity contribution in [2.45, 2.75) is 39.5 Å². The summed E-state index contributed by atoms with van der Waals surface area (Å²) in [6.07, 6.45) is 3.79. The number of carbonyl (C=O) groups is 2. The number of rotatable bonds is 2. The molecule has 2 fully saturated rings. The first-order chi connectivity index (χ1) is 7.15. The Morgan fingerprint density at radius 3 is 2.53 bits per heavy atom. The van der Waals surface area contributed by atoms with Crippen molar-refractivity contribution in [2.24, 2.45) is 17.8 Å². The lowest BCUT2D eigenvalue weighted by Crippen LogP contribution is -2.31. The van der Waals surface area contributed by atoms with Gasteiger partial charge in [0.1, 0.15) is 0 Å². The maximum Gasteiger partial charge on any atom is 0.233 e. The fourth-order valence-electron chi connectivity index (χ4n) is 2.90. The van der Waals surface area contributed by atoms with Gasteiger partial charge < -0.3 is 0 Å². The molecule has 2 aliphatic rings. The Labute approximate surface area is 90.8 Å². The molecule has 84 valence electrons. The molecule has 15 heavy (non-hydrogen) atoms. The van der Waals surface area contributed by atoms with Crippen LogP contribution in [-0.4, -0.2) is 23.3 Å². The summed E-state index contributed by atoms with van der Waals surface area (Å²) < 4.78 is 0. The standard InChI is InChI=1S/C12H19NO2/c1-3-6-13-11(14)9-5-4-8(2)7-10(9)12(13)15/h8-10H,3-7H2,1-2H3/t8-,9+,10-/m1/s1. The third-order valence-corrected chi connectivity index (χ3v) is 3.73. The van der Waals surface area contributed by atoms with Crippen LogP contribution in [0.25, 0.3) is 0 Å². The molecule has 3 atom stereocenters. The molecule has 0 bridgehead atoms. The monoisotopic (exact) mass is 209 g/mol. The van der Waals surface area contributed by atoms with Gasteiger partial charge in [-0.1, -0.05) is 13.8 Å². The smallest absolute Gasteiger partial charge is 0.233 e. The molecule has 0 radical (unpaired) electrons. The first-order valence-electron chi connectivity index (χ1n) is 6.00. The molecule has 3 nitrogen and oxygen atoms in total. The molecule has 0 N–H and O–H groups in total. The van der Waals surface area contributed by atoms with Crippen LogP contribution in [0.15, 0.2) is 0 Å². The van der Waals surface area contributed by atoms with Crippen LogP contribution in [0.3, 0.4) is 0 Å². The minimum atomic E-state index is 0.00722. The van der Waals surface area contributed by atoms with Crippen molar-refractivity contribution in [2.75, 3.05) is 6.54 Å².